The van der Waals surface area contributed by atoms with Crippen molar-refractivity contribution in [3.05, 3.63) is 0 Å². The Morgan fingerprint density at radius 3 is 1.53 bits per heavy atom. The van der Waals surface area contributed by atoms with E-state index in [4.69, 9.17) is 61.6 Å². The van der Waals surface area contributed by atoms with Crippen LogP contribution < -0.4 is 0 Å². The fourth-order valence-electron chi connectivity index (χ4n) is 18.6. The number of fused-ring (bicyclic) bond motifs is 7. The molecule has 97 heavy (non-hydrogen) atoms. The second kappa shape index (κ2) is 30.6. The highest BCUT2D eigenvalue weighted by atomic mass is 16.8. The van der Waals surface area contributed by atoms with Crippen molar-refractivity contribution in [1.29, 1.82) is 0 Å². The molecule has 0 spiro atoms. The average molecular weight is 1410 g/mol. The van der Waals surface area contributed by atoms with E-state index in [-0.39, 0.29) is 59.0 Å². The Morgan fingerprint density at radius 1 is 0.443 bits per heavy atom. The van der Waals surface area contributed by atoms with Crippen LogP contribution in [0.5, 0.6) is 0 Å². The first kappa shape index (κ1) is 76.8. The molecule has 0 aromatic rings. The molecule has 0 unspecified atom stereocenters. The van der Waals surface area contributed by atoms with Crippen LogP contribution in [0.4, 0.5) is 0 Å². The molecule has 11 aliphatic rings. The quantitative estimate of drug-likeness (QED) is 0.0475. The van der Waals surface area contributed by atoms with Gasteiger partial charge in [0.2, 0.25) is 0 Å². The van der Waals surface area contributed by atoms with Gasteiger partial charge in [-0.25, -0.2) is 0 Å². The van der Waals surface area contributed by atoms with E-state index < -0.39 is 235 Å². The molecule has 34 nitrogen and oxygen atoms in total. The van der Waals surface area contributed by atoms with Crippen LogP contribution in [0.3, 0.4) is 0 Å². The molecule has 11 fully saturated rings. The summed E-state index contributed by atoms with van der Waals surface area (Å²) >= 11 is 0. The summed E-state index contributed by atoms with van der Waals surface area (Å²) in [5, 5.41) is 230. The van der Waals surface area contributed by atoms with E-state index in [9.17, 15) is 107 Å². The van der Waals surface area contributed by atoms with Crippen molar-refractivity contribution in [2.24, 2.45) is 52.3 Å². The predicted molar refractivity (Wildman–Crippen MR) is 317 cm³/mol. The van der Waals surface area contributed by atoms with Gasteiger partial charge in [-0.15, -0.1) is 0 Å². The topological polar surface area (TPSA) is 545 Å². The molecule has 34 heteroatoms. The van der Waals surface area contributed by atoms with Crippen LogP contribution in [0.2, 0.25) is 0 Å². The van der Waals surface area contributed by atoms with E-state index in [1.165, 1.54) is 0 Å². The van der Waals surface area contributed by atoms with E-state index in [0.29, 0.717) is 31.6 Å². The van der Waals surface area contributed by atoms with Gasteiger partial charge in [0, 0.05) is 12.3 Å². The van der Waals surface area contributed by atoms with Crippen molar-refractivity contribution in [1.82, 2.24) is 0 Å². The standard InChI is InChI=1S/C63H106O34/c1-21(20-85-55-46(79)42(75)37(70)23(3)86-55)8-11-63(84)22(2)36-30(97-63)13-27-25-7-6-24-12-29(28(69)14-62(24,5)26(25)9-10-61(27,36)4)87-56-49(82)45(78)51(35(19-68)92-56)93-60-54(53(41(74)34(18-67)91-60)95-58-48(81)44(77)39(72)32(16-65)89-58)96-59-50(83)52(40(73)33(17-66)90-59)94-57-47(80)43(76)38(71)31(15-64)88-57/h21-60,64-84H,6-20H2,1-5H3/t21-,22+,23+,24+,25-,26+,27+,28-,29-,30+,31-,32-,33-,34-,35-,36+,37+,38-,39-,40-,41-,42-,43+,44+,45-,46-,47-,48-,49-,50-,51+,52+,53+,54-,55-,56-,57+,58+,59+,60+,61+,62+,63+/m1/s1. The van der Waals surface area contributed by atoms with Gasteiger partial charge < -0.3 is 169 Å². The molecule has 4 saturated carbocycles. The lowest BCUT2D eigenvalue weighted by Crippen LogP contribution is -2.69. The van der Waals surface area contributed by atoms with Crippen LogP contribution in [-0.2, 0) is 61.6 Å². The van der Waals surface area contributed by atoms with Crippen molar-refractivity contribution in [2.45, 2.75) is 301 Å². The molecule has 7 heterocycles. The Labute approximate surface area is 559 Å². The summed E-state index contributed by atoms with van der Waals surface area (Å²) in [4.78, 5) is 0. The Hall–Kier alpha value is -1.36. The third-order valence-electron chi connectivity index (χ3n) is 24.3. The highest BCUT2D eigenvalue weighted by molar-refractivity contribution is 5.16. The second-order valence-corrected chi connectivity index (χ2v) is 30.0. The number of hydrogen-bond acceptors (Lipinski definition) is 34. The van der Waals surface area contributed by atoms with E-state index in [2.05, 4.69) is 20.8 Å². The average Bonchev–Trinajstić information content (AvgIpc) is 1.57. The highest BCUT2D eigenvalue weighted by Gasteiger charge is 2.69. The first-order chi connectivity index (χ1) is 45.9. The third kappa shape index (κ3) is 14.3. The number of aliphatic hydroxyl groups excluding tert-OH is 20. The van der Waals surface area contributed by atoms with Gasteiger partial charge in [0.1, 0.15) is 140 Å². The van der Waals surface area contributed by atoms with Crippen molar-refractivity contribution < 1.29 is 169 Å². The zero-order valence-electron chi connectivity index (χ0n) is 54.9. The van der Waals surface area contributed by atoms with E-state index in [1.54, 1.807) is 6.92 Å². The Morgan fingerprint density at radius 2 is 0.928 bits per heavy atom. The maximum atomic E-state index is 12.2. The number of ether oxygens (including phenoxy) is 13. The number of rotatable bonds is 21. The maximum absolute atomic E-state index is 12.2. The Balaban J connectivity index is 0.755. The van der Waals surface area contributed by atoms with Crippen LogP contribution in [0.25, 0.3) is 0 Å². The van der Waals surface area contributed by atoms with Crippen molar-refractivity contribution in [2.75, 3.05) is 39.6 Å². The minimum atomic E-state index is -2.26. The largest absolute Gasteiger partial charge is 0.394 e. The van der Waals surface area contributed by atoms with E-state index in [0.717, 1.165) is 32.1 Å². The van der Waals surface area contributed by atoms with Crippen LogP contribution >= 0.6 is 0 Å². The predicted octanol–water partition coefficient (Wildman–Crippen LogP) is -8.31. The van der Waals surface area contributed by atoms with Crippen LogP contribution in [0.1, 0.15) is 92.4 Å². The third-order valence-corrected chi connectivity index (χ3v) is 24.3. The summed E-state index contributed by atoms with van der Waals surface area (Å²) in [5.41, 5.74) is -0.494. The fourth-order valence-corrected chi connectivity index (χ4v) is 18.6. The molecule has 21 N–H and O–H groups in total. The van der Waals surface area contributed by atoms with E-state index in [1.807, 2.05) is 6.92 Å². The van der Waals surface area contributed by atoms with Gasteiger partial charge in [-0.1, -0.05) is 27.7 Å². The zero-order valence-corrected chi connectivity index (χ0v) is 54.9. The van der Waals surface area contributed by atoms with Gasteiger partial charge in [0.05, 0.1) is 64.1 Å². The zero-order chi connectivity index (χ0) is 70.4. The molecule has 4 aliphatic carbocycles. The molecule has 562 valence electrons. The monoisotopic (exact) mass is 1410 g/mol. The van der Waals surface area contributed by atoms with Crippen molar-refractivity contribution in [3.8, 4) is 0 Å². The summed E-state index contributed by atoms with van der Waals surface area (Å²) < 4.78 is 77.9. The van der Waals surface area contributed by atoms with Gasteiger partial charge >= 0.3 is 0 Å². The van der Waals surface area contributed by atoms with Crippen LogP contribution in [0.15, 0.2) is 0 Å². The molecule has 0 amide bonds. The molecule has 0 radical (unpaired) electrons. The number of aliphatic hydroxyl groups is 21. The lowest BCUT2D eigenvalue weighted by atomic mass is 9.44. The minimum absolute atomic E-state index is 0.0347. The Bertz CT molecular complexity index is 2530. The molecule has 0 bridgehead atoms. The molecule has 7 aliphatic heterocycles. The number of hydrogen-bond donors (Lipinski definition) is 21. The van der Waals surface area contributed by atoms with Crippen LogP contribution in [0, 0.1) is 52.3 Å². The van der Waals surface area contributed by atoms with Gasteiger partial charge in [0.25, 0.3) is 0 Å². The lowest BCUT2D eigenvalue weighted by Gasteiger charge is -2.62. The smallest absolute Gasteiger partial charge is 0.187 e. The summed E-state index contributed by atoms with van der Waals surface area (Å²) in [6, 6.07) is 0. The maximum Gasteiger partial charge on any atom is 0.187 e. The van der Waals surface area contributed by atoms with Crippen molar-refractivity contribution in [3.63, 3.8) is 0 Å². The summed E-state index contributed by atoms with van der Waals surface area (Å²) in [7, 11) is 0. The van der Waals surface area contributed by atoms with Gasteiger partial charge in [-0.3, -0.25) is 0 Å². The van der Waals surface area contributed by atoms with Crippen LogP contribution in [-0.4, -0.2) is 355 Å². The van der Waals surface area contributed by atoms with Gasteiger partial charge in [-0.05, 0) is 105 Å². The molecule has 7 saturated heterocycles. The molecular formula is C63H106O34. The van der Waals surface area contributed by atoms with Gasteiger partial charge in [0.15, 0.2) is 43.5 Å². The molecule has 0 aromatic carbocycles. The molecular weight excluding hydrogens is 1300 g/mol. The lowest BCUT2D eigenvalue weighted by molar-refractivity contribution is -0.412. The SMILES string of the molecule is C[C@H](CC[C@]1(O)O[C@H]2C[C@H]3[C@@H]4CC[C@H]5C[C@@H](O[C@@H]6O[C@H](CO)[C@H](O[C@@H]7O[C@H](CO)[C@@H](O)[C@H](O[C@@H]8O[C@H](CO)[C@@H](O)[C@H](O)[C@H]8O)[C@H]7O[C@@H]7O[C@H](CO)[C@@H](O)[C@H](O[C@@H]8O[C@H](CO)[C@@H](O)[C@H](O)[C@H]8O)[C@H]7O)[C@H](O)[C@H]6O)[C@H](O)C[C@]5(C)[C@H]4CC[C@]3(C)[C@H]2[C@@H]1C)CO[C@@H]1O[C@@H](C)[C@H](O)[C@@H](O)[C@H]1O. The van der Waals surface area contributed by atoms with E-state index >= 15 is 0 Å². The summed E-state index contributed by atoms with van der Waals surface area (Å²) in [6.45, 7) is 5.48. The molecule has 43 atom stereocenters. The molecule has 11 rings (SSSR count). The fraction of sp³-hybridized carbons (Fsp3) is 1.00. The Kier molecular flexibility index (Phi) is 24.2. The minimum Gasteiger partial charge on any atom is -0.394 e. The van der Waals surface area contributed by atoms with Crippen molar-refractivity contribution >= 4 is 0 Å². The first-order valence-corrected chi connectivity index (χ1v) is 34.4. The first-order valence-electron chi connectivity index (χ1n) is 34.4. The van der Waals surface area contributed by atoms with Gasteiger partial charge in [-0.2, -0.15) is 0 Å². The second-order valence-electron chi connectivity index (χ2n) is 30.0. The summed E-state index contributed by atoms with van der Waals surface area (Å²) in [5.74, 6) is -0.736. The molecule has 0 aromatic heterocycles. The summed E-state index contributed by atoms with van der Waals surface area (Å²) in [6.07, 6.45) is -51.3. The highest BCUT2D eigenvalue weighted by Crippen LogP contribution is 2.71. The normalized spacial score (nSPS) is 55.9.